The summed E-state index contributed by atoms with van der Waals surface area (Å²) in [5.41, 5.74) is 8.88. The van der Waals surface area contributed by atoms with E-state index in [0.717, 1.165) is 29.1 Å². The molecule has 0 fully saturated rings. The number of nitrogens with two attached hydrogens (primary N) is 1. The molecule has 2 aromatic rings. The maximum atomic E-state index is 9.46. The van der Waals surface area contributed by atoms with Gasteiger partial charge in [0.25, 0.3) is 0 Å². The fourth-order valence-corrected chi connectivity index (χ4v) is 2.25. The normalized spacial score (nSPS) is 11.1. The average Bonchev–Trinajstić information content (AvgIpc) is 2.54. The first kappa shape index (κ1) is 16.8. The quantitative estimate of drug-likeness (QED) is 0.937. The number of hydrogen-bond donors (Lipinski definition) is 1. The molecule has 0 bridgehead atoms. The van der Waals surface area contributed by atoms with E-state index in [1.165, 1.54) is 0 Å². The molecule has 2 aromatic heterocycles. The minimum absolute atomic E-state index is 0.103. The fraction of sp³-hybridized carbons (Fsp3) is 0.389. The number of nitriles is 1. The van der Waals surface area contributed by atoms with E-state index < -0.39 is 0 Å². The van der Waals surface area contributed by atoms with Crippen LogP contribution in [-0.4, -0.2) is 24.1 Å². The Hall–Kier alpha value is -2.61. The van der Waals surface area contributed by atoms with Crippen LogP contribution in [0.3, 0.4) is 0 Å². The van der Waals surface area contributed by atoms with E-state index >= 15 is 0 Å². The van der Waals surface area contributed by atoms with Crippen LogP contribution >= 0.6 is 0 Å². The highest BCUT2D eigenvalue weighted by atomic mass is 15.1. The Kier molecular flexibility index (Phi) is 4.55. The molecule has 2 rings (SSSR count). The van der Waals surface area contributed by atoms with Crippen LogP contribution in [0.2, 0.25) is 0 Å². The molecule has 0 atom stereocenters. The number of pyridine rings is 2. The van der Waals surface area contributed by atoms with Crippen molar-refractivity contribution in [2.75, 3.05) is 24.7 Å². The zero-order chi connectivity index (χ0) is 17.2. The standard InChI is InChI=1S/C18H23N5/c1-6-18(2,3)15-9-13(14(10-19)17(20)22-15)12-7-8-16(21-11-12)23(4)5/h7-9,11H,6H2,1-5H3,(H2,20,22). The molecule has 0 spiro atoms. The van der Waals surface area contributed by atoms with Crippen LogP contribution in [0.25, 0.3) is 11.1 Å². The fourth-order valence-electron chi connectivity index (χ4n) is 2.25. The number of anilines is 2. The van der Waals surface area contributed by atoms with E-state index in [4.69, 9.17) is 5.73 Å². The summed E-state index contributed by atoms with van der Waals surface area (Å²) in [6.45, 7) is 6.36. The van der Waals surface area contributed by atoms with E-state index in [0.29, 0.717) is 5.56 Å². The lowest BCUT2D eigenvalue weighted by atomic mass is 9.84. The molecule has 0 aliphatic carbocycles. The van der Waals surface area contributed by atoms with Crippen LogP contribution in [0.1, 0.15) is 38.4 Å². The van der Waals surface area contributed by atoms with Gasteiger partial charge in [0.2, 0.25) is 0 Å². The van der Waals surface area contributed by atoms with Gasteiger partial charge in [-0.25, -0.2) is 9.97 Å². The highest BCUT2D eigenvalue weighted by molar-refractivity contribution is 5.76. The predicted molar refractivity (Wildman–Crippen MR) is 94.2 cm³/mol. The van der Waals surface area contributed by atoms with E-state index in [1.54, 1.807) is 6.20 Å². The highest BCUT2D eigenvalue weighted by Crippen LogP contribution is 2.33. The third kappa shape index (κ3) is 3.26. The lowest BCUT2D eigenvalue weighted by molar-refractivity contribution is 0.491. The van der Waals surface area contributed by atoms with Crippen LogP contribution in [0, 0.1) is 11.3 Å². The molecule has 5 nitrogen and oxygen atoms in total. The number of rotatable bonds is 4. The first-order valence-corrected chi connectivity index (χ1v) is 7.65. The number of hydrogen-bond acceptors (Lipinski definition) is 5. The zero-order valence-electron chi connectivity index (χ0n) is 14.4. The van der Waals surface area contributed by atoms with Gasteiger partial charge in [0.15, 0.2) is 0 Å². The van der Waals surface area contributed by atoms with Gasteiger partial charge in [-0.1, -0.05) is 20.8 Å². The maximum Gasteiger partial charge on any atom is 0.142 e. The second-order valence-corrected chi connectivity index (χ2v) is 6.46. The topological polar surface area (TPSA) is 78.8 Å². The molecule has 0 saturated carbocycles. The van der Waals surface area contributed by atoms with Gasteiger partial charge in [-0.3, -0.25) is 0 Å². The van der Waals surface area contributed by atoms with Crippen molar-refractivity contribution < 1.29 is 0 Å². The van der Waals surface area contributed by atoms with Gasteiger partial charge in [0.05, 0.1) is 0 Å². The van der Waals surface area contributed by atoms with E-state index in [2.05, 4.69) is 36.8 Å². The minimum atomic E-state index is -0.103. The lowest BCUT2D eigenvalue weighted by Gasteiger charge is -2.23. The van der Waals surface area contributed by atoms with E-state index in [-0.39, 0.29) is 11.2 Å². The van der Waals surface area contributed by atoms with Gasteiger partial charge in [-0.2, -0.15) is 5.26 Å². The molecule has 5 heteroatoms. The molecule has 0 aliphatic rings. The van der Waals surface area contributed by atoms with Crippen LogP contribution in [0.5, 0.6) is 0 Å². The third-order valence-electron chi connectivity index (χ3n) is 4.25. The van der Waals surface area contributed by atoms with Gasteiger partial charge >= 0.3 is 0 Å². The highest BCUT2D eigenvalue weighted by Gasteiger charge is 2.23. The molecule has 0 amide bonds. The van der Waals surface area contributed by atoms with Gasteiger partial charge in [-0.15, -0.1) is 0 Å². The minimum Gasteiger partial charge on any atom is -0.383 e. The van der Waals surface area contributed by atoms with Gasteiger partial charge in [-0.05, 0) is 24.6 Å². The van der Waals surface area contributed by atoms with Crippen molar-refractivity contribution in [2.24, 2.45) is 0 Å². The summed E-state index contributed by atoms with van der Waals surface area (Å²) in [4.78, 5) is 10.8. The van der Waals surface area contributed by atoms with Crippen molar-refractivity contribution >= 4 is 11.6 Å². The Labute approximate surface area is 137 Å². The first-order chi connectivity index (χ1) is 10.8. The molecule has 0 saturated heterocycles. The van der Waals surface area contributed by atoms with Crippen molar-refractivity contribution in [3.8, 4) is 17.2 Å². The molecular weight excluding hydrogens is 286 g/mol. The molecule has 120 valence electrons. The summed E-state index contributed by atoms with van der Waals surface area (Å²) in [7, 11) is 3.88. The number of nitrogens with zero attached hydrogens (tertiary/aromatic N) is 4. The van der Waals surface area contributed by atoms with Crippen molar-refractivity contribution in [1.29, 1.82) is 5.26 Å². The largest absolute Gasteiger partial charge is 0.383 e. The predicted octanol–water partition coefficient (Wildman–Crippen LogP) is 3.35. The number of nitrogen functional groups attached to an aromatic ring is 1. The summed E-state index contributed by atoms with van der Waals surface area (Å²) >= 11 is 0. The summed E-state index contributed by atoms with van der Waals surface area (Å²) in [6.07, 6.45) is 2.70. The molecule has 23 heavy (non-hydrogen) atoms. The number of aromatic nitrogens is 2. The van der Waals surface area contributed by atoms with E-state index in [9.17, 15) is 5.26 Å². The Morgan fingerprint density at radius 1 is 1.30 bits per heavy atom. The second kappa shape index (κ2) is 6.25. The summed E-state index contributed by atoms with van der Waals surface area (Å²) in [5, 5.41) is 9.46. The molecule has 0 aliphatic heterocycles. The van der Waals surface area contributed by atoms with Gasteiger partial charge in [0.1, 0.15) is 23.3 Å². The average molecular weight is 309 g/mol. The monoisotopic (exact) mass is 309 g/mol. The Balaban J connectivity index is 2.62. The van der Waals surface area contributed by atoms with Crippen molar-refractivity contribution in [1.82, 2.24) is 9.97 Å². The summed E-state index contributed by atoms with van der Waals surface area (Å²) in [5.74, 6) is 1.14. The van der Waals surface area contributed by atoms with Crippen LogP contribution in [0.4, 0.5) is 11.6 Å². The van der Waals surface area contributed by atoms with Crippen LogP contribution in [-0.2, 0) is 5.41 Å². The Morgan fingerprint density at radius 3 is 2.48 bits per heavy atom. The summed E-state index contributed by atoms with van der Waals surface area (Å²) < 4.78 is 0. The third-order valence-corrected chi connectivity index (χ3v) is 4.25. The zero-order valence-corrected chi connectivity index (χ0v) is 14.4. The SMILES string of the molecule is CCC(C)(C)c1cc(-c2ccc(N(C)C)nc2)c(C#N)c(N)n1. The molecule has 0 radical (unpaired) electrons. The molecule has 0 aromatic carbocycles. The summed E-state index contributed by atoms with van der Waals surface area (Å²) in [6, 6.07) is 8.02. The molecule has 2 N–H and O–H groups in total. The van der Waals surface area contributed by atoms with E-state index in [1.807, 2.05) is 37.2 Å². The smallest absolute Gasteiger partial charge is 0.142 e. The van der Waals surface area contributed by atoms with Gasteiger partial charge < -0.3 is 10.6 Å². The van der Waals surface area contributed by atoms with Crippen LogP contribution in [0.15, 0.2) is 24.4 Å². The maximum absolute atomic E-state index is 9.46. The van der Waals surface area contributed by atoms with Crippen LogP contribution < -0.4 is 10.6 Å². The second-order valence-electron chi connectivity index (χ2n) is 6.46. The van der Waals surface area contributed by atoms with Crippen molar-refractivity contribution in [2.45, 2.75) is 32.6 Å². The molecular formula is C18H23N5. The molecule has 2 heterocycles. The first-order valence-electron chi connectivity index (χ1n) is 7.65. The van der Waals surface area contributed by atoms with Crippen molar-refractivity contribution in [3.05, 3.63) is 35.7 Å². The van der Waals surface area contributed by atoms with Crippen molar-refractivity contribution in [3.63, 3.8) is 0 Å². The lowest BCUT2D eigenvalue weighted by Crippen LogP contribution is -2.19. The Bertz CT molecular complexity index is 739. The molecule has 0 unspecified atom stereocenters. The Morgan fingerprint density at radius 2 is 2.00 bits per heavy atom. The van der Waals surface area contributed by atoms with Gasteiger partial charge in [0, 0.05) is 42.5 Å².